The van der Waals surface area contributed by atoms with Crippen molar-refractivity contribution in [3.05, 3.63) is 109 Å². The van der Waals surface area contributed by atoms with Gasteiger partial charge in [0.25, 0.3) is 0 Å². The third kappa shape index (κ3) is 3.97. The summed E-state index contributed by atoms with van der Waals surface area (Å²) in [6, 6.07) is 17.5. The van der Waals surface area contributed by atoms with Crippen molar-refractivity contribution in [2.75, 3.05) is 0 Å². The lowest BCUT2D eigenvalue weighted by atomic mass is 9.92. The molecule has 3 rings (SSSR count). The molecular weight excluding hydrogens is 300 g/mol. The normalized spacial score (nSPS) is 14.5. The predicted molar refractivity (Wildman–Crippen MR) is 111 cm³/mol. The molecule has 0 heterocycles. The van der Waals surface area contributed by atoms with E-state index in [2.05, 4.69) is 80.8 Å². The third-order valence-corrected chi connectivity index (χ3v) is 4.68. The maximum absolute atomic E-state index is 3.87. The fraction of sp³-hybridized carbons (Fsp3) is 0.120. The SMILES string of the molecule is C=C/C=C(\C=C)c1ccc(-c2ccc(C3=CC=C(C)CC3)cc2)cc1. The first kappa shape index (κ1) is 17.0. The standard InChI is InChI=1S/C25H24/c1-4-6-20(5-2)21-11-13-24(14-12-21)25-17-15-23(16-18-25)22-9-7-19(3)8-10-22/h4-7,9,11-18H,1-2,8,10H2,3H3/b20-6+. The van der Waals surface area contributed by atoms with Gasteiger partial charge in [0.1, 0.15) is 0 Å². The molecule has 1 aliphatic rings. The van der Waals surface area contributed by atoms with Gasteiger partial charge in [-0.25, -0.2) is 0 Å². The van der Waals surface area contributed by atoms with E-state index in [-0.39, 0.29) is 0 Å². The molecule has 0 aromatic heterocycles. The quantitative estimate of drug-likeness (QED) is 0.509. The fourth-order valence-corrected chi connectivity index (χ4v) is 3.12. The van der Waals surface area contributed by atoms with Crippen molar-refractivity contribution in [3.8, 4) is 11.1 Å². The summed E-state index contributed by atoms with van der Waals surface area (Å²) in [7, 11) is 0. The second-order valence-electron chi connectivity index (χ2n) is 6.42. The molecular formula is C25H24. The molecule has 0 spiro atoms. The van der Waals surface area contributed by atoms with Crippen LogP contribution in [-0.4, -0.2) is 0 Å². The van der Waals surface area contributed by atoms with Gasteiger partial charge in [0.2, 0.25) is 0 Å². The first-order valence-electron chi connectivity index (χ1n) is 8.74. The van der Waals surface area contributed by atoms with Crippen LogP contribution in [0.2, 0.25) is 0 Å². The van der Waals surface area contributed by atoms with Gasteiger partial charge in [0, 0.05) is 0 Å². The van der Waals surface area contributed by atoms with Crippen LogP contribution in [-0.2, 0) is 0 Å². The maximum Gasteiger partial charge on any atom is -0.0184 e. The first-order valence-corrected chi connectivity index (χ1v) is 8.74. The fourth-order valence-electron chi connectivity index (χ4n) is 3.12. The average Bonchev–Trinajstić information content (AvgIpc) is 2.67. The molecule has 0 amide bonds. The van der Waals surface area contributed by atoms with Crippen molar-refractivity contribution in [2.24, 2.45) is 0 Å². The summed E-state index contributed by atoms with van der Waals surface area (Å²) < 4.78 is 0. The average molecular weight is 324 g/mol. The second-order valence-corrected chi connectivity index (χ2v) is 6.42. The Balaban J connectivity index is 1.82. The van der Waals surface area contributed by atoms with Crippen molar-refractivity contribution in [3.63, 3.8) is 0 Å². The van der Waals surface area contributed by atoms with E-state index < -0.39 is 0 Å². The molecule has 124 valence electrons. The van der Waals surface area contributed by atoms with Crippen LogP contribution in [0.25, 0.3) is 22.3 Å². The van der Waals surface area contributed by atoms with Crippen LogP contribution in [0.1, 0.15) is 30.9 Å². The van der Waals surface area contributed by atoms with Gasteiger partial charge in [0.15, 0.2) is 0 Å². The molecule has 25 heavy (non-hydrogen) atoms. The van der Waals surface area contributed by atoms with E-state index in [9.17, 15) is 0 Å². The Hall–Kier alpha value is -2.86. The molecule has 0 fully saturated rings. The van der Waals surface area contributed by atoms with Crippen LogP contribution >= 0.6 is 0 Å². The van der Waals surface area contributed by atoms with E-state index in [0.717, 1.165) is 17.6 Å². The Labute approximate surface area is 151 Å². The Morgan fingerprint density at radius 1 is 0.800 bits per heavy atom. The monoisotopic (exact) mass is 324 g/mol. The Morgan fingerprint density at radius 2 is 1.40 bits per heavy atom. The molecule has 2 aromatic carbocycles. The zero-order chi connectivity index (χ0) is 17.6. The van der Waals surface area contributed by atoms with Gasteiger partial charge in [-0.2, -0.15) is 0 Å². The molecule has 0 unspecified atom stereocenters. The number of benzene rings is 2. The van der Waals surface area contributed by atoms with E-state index >= 15 is 0 Å². The highest BCUT2D eigenvalue weighted by molar-refractivity contribution is 5.77. The summed E-state index contributed by atoms with van der Waals surface area (Å²) in [4.78, 5) is 0. The molecule has 0 heteroatoms. The summed E-state index contributed by atoms with van der Waals surface area (Å²) in [5.74, 6) is 0. The van der Waals surface area contributed by atoms with Gasteiger partial charge >= 0.3 is 0 Å². The van der Waals surface area contributed by atoms with E-state index in [4.69, 9.17) is 0 Å². The van der Waals surface area contributed by atoms with Crippen molar-refractivity contribution in [2.45, 2.75) is 19.8 Å². The minimum Gasteiger partial charge on any atom is -0.0990 e. The summed E-state index contributed by atoms with van der Waals surface area (Å²) in [6.07, 6.45) is 12.4. The van der Waals surface area contributed by atoms with Crippen molar-refractivity contribution >= 4 is 11.1 Å². The predicted octanol–water partition coefficient (Wildman–Crippen LogP) is 7.23. The Kier molecular flexibility index (Phi) is 5.30. The van der Waals surface area contributed by atoms with Crippen molar-refractivity contribution < 1.29 is 0 Å². The highest BCUT2D eigenvalue weighted by atomic mass is 14.1. The molecule has 0 radical (unpaired) electrons. The third-order valence-electron chi connectivity index (χ3n) is 4.68. The maximum atomic E-state index is 3.87. The van der Waals surface area contributed by atoms with Gasteiger partial charge in [-0.05, 0) is 53.2 Å². The minimum atomic E-state index is 1.09. The van der Waals surface area contributed by atoms with Crippen molar-refractivity contribution in [1.82, 2.24) is 0 Å². The number of hydrogen-bond acceptors (Lipinski definition) is 0. The molecule has 1 aliphatic carbocycles. The van der Waals surface area contributed by atoms with Crippen LogP contribution in [0.4, 0.5) is 0 Å². The number of allylic oxidation sites excluding steroid dienone is 8. The molecule has 2 aromatic rings. The summed E-state index contributed by atoms with van der Waals surface area (Å²) in [5.41, 5.74) is 8.93. The second kappa shape index (κ2) is 7.81. The zero-order valence-electron chi connectivity index (χ0n) is 14.8. The Bertz CT molecular complexity index is 853. The van der Waals surface area contributed by atoms with Crippen LogP contribution in [0.5, 0.6) is 0 Å². The van der Waals surface area contributed by atoms with Gasteiger partial charge in [-0.15, -0.1) is 0 Å². The topological polar surface area (TPSA) is 0 Å². The molecule has 0 nitrogen and oxygen atoms in total. The van der Waals surface area contributed by atoms with Crippen LogP contribution in [0.3, 0.4) is 0 Å². The van der Waals surface area contributed by atoms with Gasteiger partial charge in [0.05, 0.1) is 0 Å². The smallest absolute Gasteiger partial charge is 0.0184 e. The number of hydrogen-bond donors (Lipinski definition) is 0. The first-order chi connectivity index (χ1) is 12.2. The van der Waals surface area contributed by atoms with Gasteiger partial charge in [-0.1, -0.05) is 97.6 Å². The van der Waals surface area contributed by atoms with Crippen LogP contribution < -0.4 is 0 Å². The molecule has 0 aliphatic heterocycles. The lowest BCUT2D eigenvalue weighted by Gasteiger charge is -2.13. The van der Waals surface area contributed by atoms with Gasteiger partial charge < -0.3 is 0 Å². The van der Waals surface area contributed by atoms with Gasteiger partial charge in [-0.3, -0.25) is 0 Å². The Morgan fingerprint density at radius 3 is 1.92 bits per heavy atom. The zero-order valence-corrected chi connectivity index (χ0v) is 14.8. The molecule has 0 N–H and O–H groups in total. The highest BCUT2D eigenvalue weighted by Crippen LogP contribution is 2.29. The van der Waals surface area contributed by atoms with E-state index in [1.54, 1.807) is 6.08 Å². The van der Waals surface area contributed by atoms with Crippen LogP contribution in [0, 0.1) is 0 Å². The van der Waals surface area contributed by atoms with E-state index in [1.165, 1.54) is 34.3 Å². The minimum absolute atomic E-state index is 1.09. The molecule has 0 bridgehead atoms. The largest absolute Gasteiger partial charge is 0.0990 e. The van der Waals surface area contributed by atoms with E-state index in [1.807, 2.05) is 12.2 Å². The summed E-state index contributed by atoms with van der Waals surface area (Å²) in [5, 5.41) is 0. The summed E-state index contributed by atoms with van der Waals surface area (Å²) >= 11 is 0. The lowest BCUT2D eigenvalue weighted by Crippen LogP contribution is -1.91. The number of rotatable bonds is 5. The highest BCUT2D eigenvalue weighted by Gasteiger charge is 2.06. The van der Waals surface area contributed by atoms with Crippen molar-refractivity contribution in [1.29, 1.82) is 0 Å². The molecule has 0 saturated heterocycles. The molecule has 0 atom stereocenters. The van der Waals surface area contributed by atoms with E-state index in [0.29, 0.717) is 0 Å². The molecule has 0 saturated carbocycles. The summed E-state index contributed by atoms with van der Waals surface area (Å²) in [6.45, 7) is 9.82. The van der Waals surface area contributed by atoms with Crippen LogP contribution in [0.15, 0.2) is 97.6 Å². The lowest BCUT2D eigenvalue weighted by molar-refractivity contribution is 0.977.